The van der Waals surface area contributed by atoms with Crippen LogP contribution in [0.15, 0.2) is 24.3 Å². The Hall–Kier alpha value is -1.13. The van der Waals surface area contributed by atoms with Crippen molar-refractivity contribution in [3.05, 3.63) is 35.6 Å². The fourth-order valence-corrected chi connectivity index (χ4v) is 2.01. The average molecular weight is 273 g/mol. The zero-order valence-electron chi connectivity index (χ0n) is 10.1. The molecule has 0 spiro atoms. The van der Waals surface area contributed by atoms with Crippen molar-refractivity contribution in [1.29, 1.82) is 0 Å². The predicted octanol–water partition coefficient (Wildman–Crippen LogP) is 1.86. The number of amides is 1. The van der Waals surface area contributed by atoms with E-state index < -0.39 is 0 Å². The number of carbonyl (C=O) groups excluding carboxylic acids is 1. The van der Waals surface area contributed by atoms with Gasteiger partial charge in [0.05, 0.1) is 5.92 Å². The molecule has 1 aliphatic rings. The van der Waals surface area contributed by atoms with E-state index in [1.54, 1.807) is 12.1 Å². The standard InChI is InChI=1S/C13H17FN2O.ClH/c14-12-5-3-10(4-6-12)8-16-13(17)11-2-1-7-15-9-11;/h3-6,11,15H,1-2,7-9H2,(H,16,17);1H. The fourth-order valence-electron chi connectivity index (χ4n) is 2.01. The van der Waals surface area contributed by atoms with Gasteiger partial charge in [-0.3, -0.25) is 4.79 Å². The minimum Gasteiger partial charge on any atom is -0.352 e. The van der Waals surface area contributed by atoms with Crippen molar-refractivity contribution in [2.24, 2.45) is 5.92 Å². The lowest BCUT2D eigenvalue weighted by molar-refractivity contribution is -0.125. The third kappa shape index (κ3) is 4.27. The first-order chi connectivity index (χ1) is 8.25. The molecule has 1 fully saturated rings. The van der Waals surface area contributed by atoms with Crippen molar-refractivity contribution in [3.8, 4) is 0 Å². The molecule has 0 aromatic heterocycles. The Morgan fingerprint density at radius 2 is 2.11 bits per heavy atom. The van der Waals surface area contributed by atoms with Crippen molar-refractivity contribution in [2.75, 3.05) is 13.1 Å². The molecule has 1 unspecified atom stereocenters. The minimum absolute atomic E-state index is 0. The topological polar surface area (TPSA) is 41.1 Å². The largest absolute Gasteiger partial charge is 0.352 e. The van der Waals surface area contributed by atoms with Gasteiger partial charge < -0.3 is 10.6 Å². The Balaban J connectivity index is 0.00000162. The zero-order chi connectivity index (χ0) is 12.1. The number of benzene rings is 1. The summed E-state index contributed by atoms with van der Waals surface area (Å²) < 4.78 is 12.7. The maximum atomic E-state index is 12.7. The van der Waals surface area contributed by atoms with Gasteiger partial charge in [-0.25, -0.2) is 4.39 Å². The highest BCUT2D eigenvalue weighted by Crippen LogP contribution is 2.10. The number of nitrogens with one attached hydrogen (secondary N) is 2. The Kier molecular flexibility index (Phi) is 6.09. The van der Waals surface area contributed by atoms with Gasteiger partial charge in [-0.15, -0.1) is 12.4 Å². The van der Waals surface area contributed by atoms with Gasteiger partial charge >= 0.3 is 0 Å². The predicted molar refractivity (Wildman–Crippen MR) is 71.1 cm³/mol. The van der Waals surface area contributed by atoms with Crippen LogP contribution in [-0.4, -0.2) is 19.0 Å². The SMILES string of the molecule is Cl.O=C(NCc1ccc(F)cc1)C1CCCNC1. The second-order valence-corrected chi connectivity index (χ2v) is 4.39. The highest BCUT2D eigenvalue weighted by molar-refractivity contribution is 5.85. The maximum Gasteiger partial charge on any atom is 0.224 e. The van der Waals surface area contributed by atoms with E-state index in [1.165, 1.54) is 12.1 Å². The van der Waals surface area contributed by atoms with Crippen LogP contribution in [0, 0.1) is 11.7 Å². The molecule has 100 valence electrons. The molecule has 2 N–H and O–H groups in total. The first-order valence-electron chi connectivity index (χ1n) is 5.98. The van der Waals surface area contributed by atoms with Crippen LogP contribution in [0.4, 0.5) is 4.39 Å². The third-order valence-corrected chi connectivity index (χ3v) is 3.05. The maximum absolute atomic E-state index is 12.7. The smallest absolute Gasteiger partial charge is 0.224 e. The van der Waals surface area contributed by atoms with Crippen LogP contribution in [0.5, 0.6) is 0 Å². The molecule has 1 amide bonds. The van der Waals surface area contributed by atoms with Crippen LogP contribution in [0.25, 0.3) is 0 Å². The summed E-state index contributed by atoms with van der Waals surface area (Å²) >= 11 is 0. The number of carbonyl (C=O) groups is 1. The Labute approximate surface area is 113 Å². The molecular weight excluding hydrogens is 255 g/mol. The van der Waals surface area contributed by atoms with Crippen LogP contribution in [-0.2, 0) is 11.3 Å². The number of halogens is 2. The molecule has 18 heavy (non-hydrogen) atoms. The van der Waals surface area contributed by atoms with Gasteiger partial charge in [-0.05, 0) is 37.1 Å². The van der Waals surface area contributed by atoms with E-state index >= 15 is 0 Å². The zero-order valence-corrected chi connectivity index (χ0v) is 10.9. The van der Waals surface area contributed by atoms with E-state index in [2.05, 4.69) is 10.6 Å². The molecule has 5 heteroatoms. The molecule has 1 aromatic carbocycles. The molecule has 0 saturated carbocycles. The van der Waals surface area contributed by atoms with Crippen molar-refractivity contribution < 1.29 is 9.18 Å². The van der Waals surface area contributed by atoms with Crippen LogP contribution in [0.2, 0.25) is 0 Å². The van der Waals surface area contributed by atoms with Crippen LogP contribution >= 0.6 is 12.4 Å². The monoisotopic (exact) mass is 272 g/mol. The lowest BCUT2D eigenvalue weighted by atomic mass is 9.99. The highest BCUT2D eigenvalue weighted by Gasteiger charge is 2.20. The number of hydrogen-bond acceptors (Lipinski definition) is 2. The van der Waals surface area contributed by atoms with E-state index in [0.29, 0.717) is 6.54 Å². The number of piperidine rings is 1. The van der Waals surface area contributed by atoms with Crippen molar-refractivity contribution in [2.45, 2.75) is 19.4 Å². The average Bonchev–Trinajstić information content (AvgIpc) is 2.39. The van der Waals surface area contributed by atoms with Crippen LogP contribution in [0.1, 0.15) is 18.4 Å². The Morgan fingerprint density at radius 1 is 1.39 bits per heavy atom. The summed E-state index contributed by atoms with van der Waals surface area (Å²) in [7, 11) is 0. The summed E-state index contributed by atoms with van der Waals surface area (Å²) in [5.74, 6) is -0.0951. The lowest BCUT2D eigenvalue weighted by Gasteiger charge is -2.21. The summed E-state index contributed by atoms with van der Waals surface area (Å²) in [5.41, 5.74) is 0.920. The summed E-state index contributed by atoms with van der Waals surface area (Å²) in [5, 5.41) is 6.10. The van der Waals surface area contributed by atoms with Gasteiger partial charge in [0.2, 0.25) is 5.91 Å². The molecule has 1 aromatic rings. The van der Waals surface area contributed by atoms with Crippen molar-refractivity contribution >= 4 is 18.3 Å². The van der Waals surface area contributed by atoms with E-state index in [4.69, 9.17) is 0 Å². The molecular formula is C13H18ClFN2O. The first-order valence-corrected chi connectivity index (χ1v) is 5.98. The number of rotatable bonds is 3. The molecule has 1 atom stereocenters. The molecule has 1 heterocycles. The second kappa shape index (κ2) is 7.34. The molecule has 0 bridgehead atoms. The van der Waals surface area contributed by atoms with Crippen molar-refractivity contribution in [1.82, 2.24) is 10.6 Å². The number of hydrogen-bond donors (Lipinski definition) is 2. The normalized spacial score (nSPS) is 18.8. The van der Waals surface area contributed by atoms with Gasteiger partial charge in [-0.2, -0.15) is 0 Å². The van der Waals surface area contributed by atoms with Crippen LogP contribution in [0.3, 0.4) is 0 Å². The summed E-state index contributed by atoms with van der Waals surface area (Å²) in [6.07, 6.45) is 2.00. The summed E-state index contributed by atoms with van der Waals surface area (Å²) in [6, 6.07) is 6.19. The third-order valence-electron chi connectivity index (χ3n) is 3.05. The van der Waals surface area contributed by atoms with Gasteiger partial charge in [-0.1, -0.05) is 12.1 Å². The van der Waals surface area contributed by atoms with Gasteiger partial charge in [0.15, 0.2) is 0 Å². The van der Waals surface area contributed by atoms with Gasteiger partial charge in [0, 0.05) is 13.1 Å². The molecule has 1 saturated heterocycles. The Morgan fingerprint density at radius 3 is 2.72 bits per heavy atom. The van der Waals surface area contributed by atoms with Crippen molar-refractivity contribution in [3.63, 3.8) is 0 Å². The lowest BCUT2D eigenvalue weighted by Crippen LogP contribution is -2.40. The molecule has 1 aliphatic heterocycles. The summed E-state index contributed by atoms with van der Waals surface area (Å²) in [6.45, 7) is 2.23. The molecule has 2 rings (SSSR count). The van der Waals surface area contributed by atoms with E-state index in [-0.39, 0.29) is 30.0 Å². The highest BCUT2D eigenvalue weighted by atomic mass is 35.5. The summed E-state index contributed by atoms with van der Waals surface area (Å²) in [4.78, 5) is 11.8. The Bertz CT molecular complexity index is 377. The van der Waals surface area contributed by atoms with Gasteiger partial charge in [0.1, 0.15) is 5.82 Å². The molecule has 0 aliphatic carbocycles. The van der Waals surface area contributed by atoms with E-state index in [0.717, 1.165) is 31.5 Å². The van der Waals surface area contributed by atoms with Gasteiger partial charge in [0.25, 0.3) is 0 Å². The van der Waals surface area contributed by atoms with E-state index in [1.807, 2.05) is 0 Å². The molecule has 3 nitrogen and oxygen atoms in total. The van der Waals surface area contributed by atoms with Crippen LogP contribution < -0.4 is 10.6 Å². The quantitative estimate of drug-likeness (QED) is 0.882. The van der Waals surface area contributed by atoms with E-state index in [9.17, 15) is 9.18 Å². The first kappa shape index (κ1) is 14.9. The molecule has 0 radical (unpaired) electrons. The second-order valence-electron chi connectivity index (χ2n) is 4.39. The minimum atomic E-state index is -0.253. The fraction of sp³-hybridized carbons (Fsp3) is 0.462.